The number of hydrogen-bond donors (Lipinski definition) is 2. The Morgan fingerprint density at radius 1 is 1.43 bits per heavy atom. The Balaban J connectivity index is 1.68. The summed E-state index contributed by atoms with van der Waals surface area (Å²) in [4.78, 5) is 38.4. The van der Waals surface area contributed by atoms with Crippen LogP contribution in [0, 0.1) is 5.82 Å². The van der Waals surface area contributed by atoms with Crippen LogP contribution in [-0.4, -0.2) is 27.3 Å². The number of carbonyl (C=O) groups is 3. The number of imide groups is 1. The number of nitrogens with one attached hydrogen (secondary N) is 2. The molecule has 6 nitrogen and oxygen atoms in total. The molecule has 2 heterocycles. The maximum atomic E-state index is 13.1. The number of halogens is 1. The van der Waals surface area contributed by atoms with Gasteiger partial charge in [-0.05, 0) is 18.2 Å². The number of nitrogens with zero attached hydrogens (tertiary/aromatic N) is 1. The van der Waals surface area contributed by atoms with E-state index in [1.165, 1.54) is 18.2 Å². The number of thioether (sulfide) groups is 1. The fourth-order valence-corrected chi connectivity index (χ4v) is 3.54. The maximum absolute atomic E-state index is 13.1. The van der Waals surface area contributed by atoms with E-state index >= 15 is 0 Å². The molecule has 1 aromatic heterocycles. The first-order chi connectivity index (χ1) is 10.0. The molecule has 108 valence electrons. The molecule has 9 heteroatoms. The number of fused-ring (bicyclic) bond motifs is 1. The number of rotatable bonds is 3. The summed E-state index contributed by atoms with van der Waals surface area (Å²) >= 11 is 1.93. The highest BCUT2D eigenvalue weighted by molar-refractivity contribution is 8.15. The highest BCUT2D eigenvalue weighted by atomic mass is 32.2. The SMILES string of the molecule is O=C(CC1SC(=O)NC1=O)Nc1nc2ccc(F)cc2s1. The van der Waals surface area contributed by atoms with Crippen LogP contribution in [0.1, 0.15) is 6.42 Å². The smallest absolute Gasteiger partial charge is 0.286 e. The van der Waals surface area contributed by atoms with Crippen molar-refractivity contribution < 1.29 is 18.8 Å². The Kier molecular flexibility index (Phi) is 3.60. The third-order valence-corrected chi connectivity index (χ3v) is 4.65. The molecule has 2 aromatic rings. The van der Waals surface area contributed by atoms with Crippen LogP contribution in [0.15, 0.2) is 18.2 Å². The van der Waals surface area contributed by atoms with Crippen molar-refractivity contribution in [1.82, 2.24) is 10.3 Å². The molecule has 1 atom stereocenters. The van der Waals surface area contributed by atoms with E-state index in [1.54, 1.807) is 0 Å². The lowest BCUT2D eigenvalue weighted by Crippen LogP contribution is -2.27. The standard InChI is InChI=1S/C12H8FN3O3S2/c13-5-1-2-6-7(3-5)20-11(14-6)15-9(17)4-8-10(18)16-12(19)21-8/h1-3,8H,4H2,(H,14,15,17)(H,16,18,19). The zero-order valence-electron chi connectivity index (χ0n) is 10.4. The normalized spacial score (nSPS) is 18.0. The molecule has 3 amide bonds. The van der Waals surface area contributed by atoms with E-state index in [0.717, 1.165) is 23.1 Å². The Morgan fingerprint density at radius 3 is 2.95 bits per heavy atom. The molecule has 2 N–H and O–H groups in total. The summed E-state index contributed by atoms with van der Waals surface area (Å²) in [6, 6.07) is 4.15. The quantitative estimate of drug-likeness (QED) is 0.902. The topological polar surface area (TPSA) is 88.2 Å². The summed E-state index contributed by atoms with van der Waals surface area (Å²) in [5.74, 6) is -1.26. The molecular weight excluding hydrogens is 317 g/mol. The average molecular weight is 325 g/mol. The molecule has 3 rings (SSSR count). The van der Waals surface area contributed by atoms with Crippen molar-refractivity contribution >= 4 is 55.5 Å². The van der Waals surface area contributed by atoms with E-state index in [1.807, 2.05) is 0 Å². The largest absolute Gasteiger partial charge is 0.302 e. The Labute approximate surface area is 126 Å². The van der Waals surface area contributed by atoms with Crippen LogP contribution in [0.4, 0.5) is 14.3 Å². The van der Waals surface area contributed by atoms with Crippen LogP contribution in [0.2, 0.25) is 0 Å². The molecule has 1 aliphatic heterocycles. The van der Waals surface area contributed by atoms with Gasteiger partial charge in [0.15, 0.2) is 5.13 Å². The minimum atomic E-state index is -0.718. The zero-order valence-corrected chi connectivity index (χ0v) is 12.0. The van der Waals surface area contributed by atoms with Gasteiger partial charge in [0.25, 0.3) is 5.24 Å². The first kappa shape index (κ1) is 14.0. The summed E-state index contributed by atoms with van der Waals surface area (Å²) in [5, 5.41) is 3.83. The second kappa shape index (κ2) is 5.41. The lowest BCUT2D eigenvalue weighted by Gasteiger charge is -2.04. The molecule has 0 radical (unpaired) electrons. The molecule has 1 unspecified atom stereocenters. The van der Waals surface area contributed by atoms with Gasteiger partial charge in [-0.25, -0.2) is 9.37 Å². The second-order valence-corrected chi connectivity index (χ2v) is 6.47. The summed E-state index contributed by atoms with van der Waals surface area (Å²) in [6.07, 6.45) is -0.119. The average Bonchev–Trinajstić information content (AvgIpc) is 2.91. The monoisotopic (exact) mass is 325 g/mol. The van der Waals surface area contributed by atoms with E-state index in [9.17, 15) is 18.8 Å². The number of thiazole rings is 1. The molecule has 1 aliphatic rings. The number of aromatic nitrogens is 1. The number of carbonyl (C=O) groups excluding carboxylic acids is 3. The van der Waals surface area contributed by atoms with Crippen molar-refractivity contribution in [1.29, 1.82) is 0 Å². The molecule has 1 aromatic carbocycles. The minimum Gasteiger partial charge on any atom is -0.302 e. The molecule has 0 saturated carbocycles. The van der Waals surface area contributed by atoms with Crippen LogP contribution < -0.4 is 10.6 Å². The number of amides is 3. The number of hydrogen-bond acceptors (Lipinski definition) is 6. The van der Waals surface area contributed by atoms with Gasteiger partial charge >= 0.3 is 0 Å². The van der Waals surface area contributed by atoms with Crippen molar-refractivity contribution in [3.8, 4) is 0 Å². The molecule has 1 saturated heterocycles. The van der Waals surface area contributed by atoms with Crippen LogP contribution >= 0.6 is 23.1 Å². The van der Waals surface area contributed by atoms with Gasteiger partial charge in [-0.1, -0.05) is 23.1 Å². The van der Waals surface area contributed by atoms with E-state index in [0.29, 0.717) is 15.3 Å². The van der Waals surface area contributed by atoms with E-state index in [4.69, 9.17) is 0 Å². The first-order valence-corrected chi connectivity index (χ1v) is 7.58. The fourth-order valence-electron chi connectivity index (χ4n) is 1.82. The van der Waals surface area contributed by atoms with Gasteiger partial charge in [0.1, 0.15) is 11.1 Å². The van der Waals surface area contributed by atoms with Gasteiger partial charge < -0.3 is 5.32 Å². The van der Waals surface area contributed by atoms with Crippen LogP contribution in [0.5, 0.6) is 0 Å². The summed E-state index contributed by atoms with van der Waals surface area (Å²) in [7, 11) is 0. The van der Waals surface area contributed by atoms with Crippen LogP contribution in [0.3, 0.4) is 0 Å². The first-order valence-electron chi connectivity index (χ1n) is 5.89. The molecule has 0 bridgehead atoms. The highest BCUT2D eigenvalue weighted by Crippen LogP contribution is 2.27. The lowest BCUT2D eigenvalue weighted by molar-refractivity contribution is -0.122. The molecule has 1 fully saturated rings. The Bertz CT molecular complexity index is 761. The number of benzene rings is 1. The third kappa shape index (κ3) is 3.03. The van der Waals surface area contributed by atoms with Gasteiger partial charge in [0.05, 0.1) is 10.2 Å². The third-order valence-electron chi connectivity index (χ3n) is 2.73. The van der Waals surface area contributed by atoms with Gasteiger partial charge in [-0.2, -0.15) is 0 Å². The van der Waals surface area contributed by atoms with Gasteiger partial charge in [-0.15, -0.1) is 0 Å². The van der Waals surface area contributed by atoms with Crippen molar-refractivity contribution in [3.63, 3.8) is 0 Å². The van der Waals surface area contributed by atoms with Gasteiger partial charge in [0, 0.05) is 6.42 Å². The Morgan fingerprint density at radius 2 is 2.24 bits per heavy atom. The predicted molar refractivity (Wildman–Crippen MR) is 77.7 cm³/mol. The zero-order chi connectivity index (χ0) is 15.0. The van der Waals surface area contributed by atoms with E-state index < -0.39 is 22.3 Å². The van der Waals surface area contributed by atoms with Crippen LogP contribution in [-0.2, 0) is 9.59 Å². The molecule has 21 heavy (non-hydrogen) atoms. The van der Waals surface area contributed by atoms with Gasteiger partial charge in [0.2, 0.25) is 11.8 Å². The summed E-state index contributed by atoms with van der Waals surface area (Å²) in [6.45, 7) is 0. The van der Waals surface area contributed by atoms with Crippen molar-refractivity contribution in [2.45, 2.75) is 11.7 Å². The highest BCUT2D eigenvalue weighted by Gasteiger charge is 2.33. The predicted octanol–water partition coefficient (Wildman–Crippen LogP) is 2.12. The maximum Gasteiger partial charge on any atom is 0.286 e. The second-order valence-electron chi connectivity index (χ2n) is 4.27. The van der Waals surface area contributed by atoms with Gasteiger partial charge in [-0.3, -0.25) is 19.7 Å². The van der Waals surface area contributed by atoms with E-state index in [2.05, 4.69) is 15.6 Å². The molecule has 0 aliphatic carbocycles. The van der Waals surface area contributed by atoms with Crippen molar-refractivity contribution in [2.75, 3.05) is 5.32 Å². The lowest BCUT2D eigenvalue weighted by atomic mass is 10.3. The van der Waals surface area contributed by atoms with Crippen molar-refractivity contribution in [3.05, 3.63) is 24.0 Å². The van der Waals surface area contributed by atoms with E-state index in [-0.39, 0.29) is 12.2 Å². The van der Waals surface area contributed by atoms with Crippen LogP contribution in [0.25, 0.3) is 10.2 Å². The fraction of sp³-hybridized carbons (Fsp3) is 0.167. The minimum absolute atomic E-state index is 0.119. The summed E-state index contributed by atoms with van der Waals surface area (Å²) in [5.41, 5.74) is 0.583. The van der Waals surface area contributed by atoms with Crippen molar-refractivity contribution in [2.24, 2.45) is 0 Å². The summed E-state index contributed by atoms with van der Waals surface area (Å²) < 4.78 is 13.7. The molecular formula is C12H8FN3O3S2. The Hall–Kier alpha value is -2.00. The molecule has 0 spiro atoms. The number of anilines is 1.